The van der Waals surface area contributed by atoms with Crippen molar-refractivity contribution in [2.45, 2.75) is 49.9 Å². The van der Waals surface area contributed by atoms with Gasteiger partial charge in [0.1, 0.15) is 11.9 Å². The number of hydrogen-bond acceptors (Lipinski definition) is 8. The zero-order valence-corrected chi connectivity index (χ0v) is 21.6. The van der Waals surface area contributed by atoms with Gasteiger partial charge in [-0.05, 0) is 68.1 Å². The molecule has 0 spiro atoms. The van der Waals surface area contributed by atoms with E-state index in [0.29, 0.717) is 23.6 Å². The Kier molecular flexibility index (Phi) is 6.45. The first kappa shape index (κ1) is 24.1. The van der Waals surface area contributed by atoms with Crippen LogP contribution < -0.4 is 15.5 Å². The van der Waals surface area contributed by atoms with Crippen molar-refractivity contribution in [2.75, 3.05) is 49.6 Å². The summed E-state index contributed by atoms with van der Waals surface area (Å²) in [6.45, 7) is 6.97. The number of hydrogen-bond donors (Lipinski definition) is 1. The lowest BCUT2D eigenvalue weighted by Gasteiger charge is -2.50. The van der Waals surface area contributed by atoms with E-state index in [9.17, 15) is 5.26 Å². The molecular weight excluding hydrogens is 462 g/mol. The smallest absolute Gasteiger partial charge is 0.128 e. The van der Waals surface area contributed by atoms with Gasteiger partial charge in [0.15, 0.2) is 0 Å². The highest BCUT2D eigenvalue weighted by Crippen LogP contribution is 2.38. The number of ether oxygens (including phenoxy) is 1. The molecule has 5 atom stereocenters. The van der Waals surface area contributed by atoms with Gasteiger partial charge in [0.2, 0.25) is 0 Å². The maximum absolute atomic E-state index is 9.55. The molecule has 2 N–H and O–H groups in total. The van der Waals surface area contributed by atoms with Crippen LogP contribution in [-0.4, -0.2) is 78.9 Å². The third kappa shape index (κ3) is 4.42. The maximum atomic E-state index is 9.55. The molecule has 0 saturated carbocycles. The topological polar surface area (TPSA) is 94.5 Å². The third-order valence-electron chi connectivity index (χ3n) is 8.63. The molecule has 5 heterocycles. The Balaban J connectivity index is 1.19. The molecule has 3 aliphatic rings. The number of fused-ring (bicyclic) bond motifs is 2. The number of nitriles is 1. The molecular formula is C29H35N7O. The van der Waals surface area contributed by atoms with Gasteiger partial charge in [-0.15, -0.1) is 0 Å². The fourth-order valence-electron chi connectivity index (χ4n) is 6.67. The summed E-state index contributed by atoms with van der Waals surface area (Å²) in [5.41, 5.74) is 10.1. The predicted octanol–water partition coefficient (Wildman–Crippen LogP) is 3.12. The molecule has 3 fully saturated rings. The van der Waals surface area contributed by atoms with E-state index < -0.39 is 0 Å². The number of rotatable bonds is 4. The van der Waals surface area contributed by atoms with Crippen molar-refractivity contribution in [1.82, 2.24) is 14.9 Å². The van der Waals surface area contributed by atoms with Crippen LogP contribution in [0.15, 0.2) is 48.8 Å². The van der Waals surface area contributed by atoms with E-state index in [2.05, 4.69) is 63.1 Å². The van der Waals surface area contributed by atoms with Gasteiger partial charge in [-0.2, -0.15) is 5.26 Å². The van der Waals surface area contributed by atoms with E-state index >= 15 is 0 Å². The van der Waals surface area contributed by atoms with Gasteiger partial charge < -0.3 is 20.3 Å². The minimum absolute atomic E-state index is 0.0241. The predicted molar refractivity (Wildman–Crippen MR) is 146 cm³/mol. The first-order valence-corrected chi connectivity index (χ1v) is 13.3. The van der Waals surface area contributed by atoms with Crippen molar-refractivity contribution in [3.8, 4) is 6.07 Å². The van der Waals surface area contributed by atoms with Crippen LogP contribution in [0.5, 0.6) is 0 Å². The van der Waals surface area contributed by atoms with Crippen LogP contribution in [0.1, 0.15) is 36.8 Å². The van der Waals surface area contributed by atoms with E-state index in [1.807, 2.05) is 12.1 Å². The SMILES string of the molecule is CO[C@@H]1CN(c2ccc([C@@H]3CCN4[C@@H](C3)CN(c3ccc(C#N)c5ncccc35)C[C@H]4C)cn2)C[C@@H]1N. The molecule has 2 aromatic heterocycles. The van der Waals surface area contributed by atoms with Crippen LogP contribution in [0.2, 0.25) is 0 Å². The number of piperidine rings is 1. The number of piperazine rings is 1. The lowest BCUT2D eigenvalue weighted by atomic mass is 9.83. The van der Waals surface area contributed by atoms with E-state index in [1.54, 1.807) is 13.3 Å². The van der Waals surface area contributed by atoms with Crippen LogP contribution in [0.4, 0.5) is 11.5 Å². The van der Waals surface area contributed by atoms with Crippen molar-refractivity contribution < 1.29 is 4.74 Å². The first-order chi connectivity index (χ1) is 18.1. The molecule has 0 unspecified atom stereocenters. The molecule has 3 aromatic rings. The van der Waals surface area contributed by atoms with Crippen molar-refractivity contribution in [3.05, 3.63) is 59.9 Å². The van der Waals surface area contributed by atoms with Gasteiger partial charge >= 0.3 is 0 Å². The fourth-order valence-corrected chi connectivity index (χ4v) is 6.67. The summed E-state index contributed by atoms with van der Waals surface area (Å²) < 4.78 is 5.51. The molecule has 1 aromatic carbocycles. The lowest BCUT2D eigenvalue weighted by Crippen LogP contribution is -2.60. The molecule has 6 rings (SSSR count). The Hall–Kier alpha value is -3.25. The van der Waals surface area contributed by atoms with E-state index in [-0.39, 0.29) is 12.1 Å². The van der Waals surface area contributed by atoms with Gasteiger partial charge in [0.25, 0.3) is 0 Å². The largest absolute Gasteiger partial charge is 0.378 e. The molecule has 0 aliphatic carbocycles. The minimum Gasteiger partial charge on any atom is -0.378 e. The molecule has 0 bridgehead atoms. The Morgan fingerprint density at radius 1 is 1.05 bits per heavy atom. The van der Waals surface area contributed by atoms with E-state index in [0.717, 1.165) is 62.3 Å². The zero-order chi connectivity index (χ0) is 25.5. The van der Waals surface area contributed by atoms with Crippen molar-refractivity contribution >= 4 is 22.4 Å². The summed E-state index contributed by atoms with van der Waals surface area (Å²) in [7, 11) is 1.73. The Bertz CT molecular complexity index is 1310. The average molecular weight is 498 g/mol. The van der Waals surface area contributed by atoms with Crippen LogP contribution in [0, 0.1) is 11.3 Å². The van der Waals surface area contributed by atoms with Gasteiger partial charge in [0.05, 0.1) is 23.2 Å². The third-order valence-corrected chi connectivity index (χ3v) is 8.63. The minimum atomic E-state index is 0.0241. The molecule has 3 saturated heterocycles. The van der Waals surface area contributed by atoms with E-state index in [4.69, 9.17) is 15.5 Å². The number of nitrogens with zero attached hydrogens (tertiary/aromatic N) is 6. The fraction of sp³-hybridized carbons (Fsp3) is 0.483. The van der Waals surface area contributed by atoms with Gasteiger partial charge in [-0.25, -0.2) is 4.98 Å². The van der Waals surface area contributed by atoms with Gasteiger partial charge in [0, 0.05) is 68.8 Å². The van der Waals surface area contributed by atoms with Crippen LogP contribution in [0.25, 0.3) is 10.9 Å². The van der Waals surface area contributed by atoms with Crippen molar-refractivity contribution in [1.29, 1.82) is 5.26 Å². The molecule has 3 aliphatic heterocycles. The first-order valence-electron chi connectivity index (χ1n) is 13.3. The van der Waals surface area contributed by atoms with Crippen LogP contribution in [-0.2, 0) is 4.74 Å². The average Bonchev–Trinajstić information content (AvgIpc) is 3.32. The standard InChI is InChI=1S/C29H35N7O/c1-19-15-34(26-7-5-21(13-30)29-24(26)4-3-10-32-29)16-23-12-20(9-11-36(19)23)22-6-8-28(33-14-22)35-17-25(31)27(18-35)37-2/h3-8,10,14,19-20,23,25,27H,9,11-12,15-18,31H2,1-2H3/t19-,20-,23+,25+,27-/m1/s1. The molecule has 0 amide bonds. The number of methoxy groups -OCH3 is 1. The Morgan fingerprint density at radius 3 is 2.70 bits per heavy atom. The highest BCUT2D eigenvalue weighted by molar-refractivity contribution is 5.95. The van der Waals surface area contributed by atoms with Gasteiger partial charge in [-0.3, -0.25) is 9.88 Å². The maximum Gasteiger partial charge on any atom is 0.128 e. The number of pyridine rings is 2. The van der Waals surface area contributed by atoms with Crippen LogP contribution >= 0.6 is 0 Å². The summed E-state index contributed by atoms with van der Waals surface area (Å²) in [6.07, 6.45) is 6.18. The second-order valence-corrected chi connectivity index (χ2v) is 10.8. The summed E-state index contributed by atoms with van der Waals surface area (Å²) in [5, 5.41) is 10.6. The summed E-state index contributed by atoms with van der Waals surface area (Å²) >= 11 is 0. The van der Waals surface area contributed by atoms with Crippen molar-refractivity contribution in [2.24, 2.45) is 5.73 Å². The monoisotopic (exact) mass is 497 g/mol. The quantitative estimate of drug-likeness (QED) is 0.588. The highest BCUT2D eigenvalue weighted by Gasteiger charge is 2.38. The molecule has 8 nitrogen and oxygen atoms in total. The Labute approximate surface area is 218 Å². The van der Waals surface area contributed by atoms with Crippen LogP contribution in [0.3, 0.4) is 0 Å². The second-order valence-electron chi connectivity index (χ2n) is 10.8. The molecule has 192 valence electrons. The number of nitrogens with two attached hydrogens (primary N) is 1. The van der Waals surface area contributed by atoms with Gasteiger partial charge in [-0.1, -0.05) is 6.07 Å². The summed E-state index contributed by atoms with van der Waals surface area (Å²) in [4.78, 5) is 16.8. The lowest BCUT2D eigenvalue weighted by molar-refractivity contribution is 0.0765. The number of benzene rings is 1. The molecule has 37 heavy (non-hydrogen) atoms. The number of anilines is 2. The Morgan fingerprint density at radius 2 is 1.95 bits per heavy atom. The molecule has 8 heteroatoms. The normalized spacial score (nSPS) is 28.3. The number of aromatic nitrogens is 2. The summed E-state index contributed by atoms with van der Waals surface area (Å²) in [5.74, 6) is 1.48. The summed E-state index contributed by atoms with van der Waals surface area (Å²) in [6, 6.07) is 15.8. The van der Waals surface area contributed by atoms with E-state index in [1.165, 1.54) is 11.3 Å². The van der Waals surface area contributed by atoms with Crippen molar-refractivity contribution in [3.63, 3.8) is 0 Å². The zero-order valence-electron chi connectivity index (χ0n) is 21.6. The molecule has 0 radical (unpaired) electrons. The second kappa shape index (κ2) is 9.90. The highest BCUT2D eigenvalue weighted by atomic mass is 16.5.